The molecule has 2 heterocycles. The van der Waals surface area contributed by atoms with Crippen molar-refractivity contribution in [2.75, 3.05) is 13.1 Å². The number of nitrogens with zero attached hydrogens (tertiary/aromatic N) is 1. The van der Waals surface area contributed by atoms with Crippen molar-refractivity contribution < 1.29 is 4.79 Å². The van der Waals surface area contributed by atoms with Crippen LogP contribution in [-0.2, 0) is 4.79 Å². The Morgan fingerprint density at radius 3 is 2.48 bits per heavy atom. The maximum absolute atomic E-state index is 12.1. The Labute approximate surface area is 200 Å². The second-order valence-electron chi connectivity index (χ2n) is 9.94. The molecule has 0 bridgehead atoms. The summed E-state index contributed by atoms with van der Waals surface area (Å²) in [4.78, 5) is 17.8. The average Bonchev–Trinajstić information content (AvgIpc) is 3.21. The van der Waals surface area contributed by atoms with Gasteiger partial charge < -0.3 is 9.88 Å². The van der Waals surface area contributed by atoms with Crippen molar-refractivity contribution in [3.63, 3.8) is 0 Å². The van der Waals surface area contributed by atoms with Gasteiger partial charge in [0, 0.05) is 36.1 Å². The SMILES string of the molecule is C=C/C=C(\C=C(\C)C(C)CC)c1[nH]c2ccc(C3CCN(C(=O)CC)CC3)cc2c1C(C)C. The first-order chi connectivity index (χ1) is 15.8. The number of carbonyl (C=O) groups excluding carboxylic acids is 1. The minimum Gasteiger partial charge on any atom is -0.354 e. The maximum atomic E-state index is 12.1. The summed E-state index contributed by atoms with van der Waals surface area (Å²) in [5.41, 5.74) is 7.79. The lowest BCUT2D eigenvalue weighted by molar-refractivity contribution is -0.131. The number of nitrogens with one attached hydrogen (secondary N) is 1. The predicted octanol–water partition coefficient (Wildman–Crippen LogP) is 7.97. The number of rotatable bonds is 8. The first-order valence-electron chi connectivity index (χ1n) is 12.7. The van der Waals surface area contributed by atoms with E-state index in [1.54, 1.807) is 0 Å². The second kappa shape index (κ2) is 11.0. The van der Waals surface area contributed by atoms with Gasteiger partial charge in [0.25, 0.3) is 0 Å². The highest BCUT2D eigenvalue weighted by Gasteiger charge is 2.24. The van der Waals surface area contributed by atoms with Gasteiger partial charge in [-0.05, 0) is 72.8 Å². The molecule has 0 aliphatic carbocycles. The number of benzene rings is 1. The quantitative estimate of drug-likeness (QED) is 0.410. The lowest BCUT2D eigenvalue weighted by Crippen LogP contribution is -2.37. The lowest BCUT2D eigenvalue weighted by Gasteiger charge is -2.32. The predicted molar refractivity (Wildman–Crippen MR) is 143 cm³/mol. The smallest absolute Gasteiger partial charge is 0.222 e. The topological polar surface area (TPSA) is 36.1 Å². The number of fused-ring (bicyclic) bond motifs is 1. The van der Waals surface area contributed by atoms with Crippen molar-refractivity contribution in [1.82, 2.24) is 9.88 Å². The maximum Gasteiger partial charge on any atom is 0.222 e. The van der Waals surface area contributed by atoms with Crippen LogP contribution in [-0.4, -0.2) is 28.9 Å². The third-order valence-electron chi connectivity index (χ3n) is 7.42. The number of aromatic amines is 1. The van der Waals surface area contributed by atoms with E-state index in [2.05, 4.69) is 76.5 Å². The van der Waals surface area contributed by atoms with Crippen LogP contribution in [0.2, 0.25) is 0 Å². The summed E-state index contributed by atoms with van der Waals surface area (Å²) in [5, 5.41) is 1.33. The number of carbonyl (C=O) groups is 1. The Kier molecular flexibility index (Phi) is 8.40. The molecule has 1 aliphatic rings. The van der Waals surface area contributed by atoms with Crippen molar-refractivity contribution in [2.45, 2.75) is 79.1 Å². The van der Waals surface area contributed by atoms with Crippen LogP contribution in [0.4, 0.5) is 0 Å². The zero-order valence-corrected chi connectivity index (χ0v) is 21.5. The third kappa shape index (κ3) is 5.51. The molecule has 33 heavy (non-hydrogen) atoms. The summed E-state index contributed by atoms with van der Waals surface area (Å²) in [7, 11) is 0. The van der Waals surface area contributed by atoms with Crippen LogP contribution in [0.15, 0.2) is 48.6 Å². The first-order valence-corrected chi connectivity index (χ1v) is 12.7. The van der Waals surface area contributed by atoms with Crippen LogP contribution >= 0.6 is 0 Å². The Balaban J connectivity index is 2.00. The number of H-pyrrole nitrogens is 1. The molecule has 0 radical (unpaired) electrons. The standard InChI is InChI=1S/C30H42N2O/c1-8-11-25(18-22(7)21(6)9-2)30-29(20(4)5)26-19-24(12-13-27(26)31-30)23-14-16-32(17-15-23)28(33)10-3/h8,11-13,18-21,23,31H,1,9-10,14-17H2,2-7H3/b22-18-,25-11+. The van der Waals surface area contributed by atoms with Gasteiger partial charge in [0.1, 0.15) is 0 Å². The van der Waals surface area contributed by atoms with E-state index in [1.807, 2.05) is 17.9 Å². The summed E-state index contributed by atoms with van der Waals surface area (Å²) >= 11 is 0. The molecule has 2 aromatic rings. The minimum atomic E-state index is 0.281. The number of aromatic nitrogens is 1. The van der Waals surface area contributed by atoms with Gasteiger partial charge in [-0.1, -0.05) is 71.1 Å². The normalized spacial score (nSPS) is 17.1. The van der Waals surface area contributed by atoms with Crippen molar-refractivity contribution >= 4 is 22.4 Å². The highest BCUT2D eigenvalue weighted by atomic mass is 16.2. The fourth-order valence-electron chi connectivity index (χ4n) is 5.04. The molecule has 0 saturated carbocycles. The largest absolute Gasteiger partial charge is 0.354 e. The second-order valence-corrected chi connectivity index (χ2v) is 9.94. The number of hydrogen-bond acceptors (Lipinski definition) is 1. The molecule has 1 saturated heterocycles. The molecule has 3 rings (SSSR count). The number of likely N-dealkylation sites (tertiary alicyclic amines) is 1. The molecular weight excluding hydrogens is 404 g/mol. The van der Waals surface area contributed by atoms with Crippen LogP contribution in [0.5, 0.6) is 0 Å². The van der Waals surface area contributed by atoms with Crippen LogP contribution in [0.25, 0.3) is 16.5 Å². The molecule has 0 spiro atoms. The van der Waals surface area contributed by atoms with Gasteiger partial charge in [-0.15, -0.1) is 0 Å². The molecule has 1 fully saturated rings. The van der Waals surface area contributed by atoms with Crippen molar-refractivity contribution in [3.8, 4) is 0 Å². The molecule has 3 nitrogen and oxygen atoms in total. The molecule has 1 aliphatic heterocycles. The van der Waals surface area contributed by atoms with Gasteiger partial charge in [-0.25, -0.2) is 0 Å². The molecule has 1 aromatic heterocycles. The molecule has 1 N–H and O–H groups in total. The van der Waals surface area contributed by atoms with Crippen molar-refractivity contribution in [2.24, 2.45) is 5.92 Å². The van der Waals surface area contributed by atoms with E-state index in [0.29, 0.717) is 24.2 Å². The molecule has 1 aromatic carbocycles. The third-order valence-corrected chi connectivity index (χ3v) is 7.42. The molecule has 1 unspecified atom stereocenters. The Morgan fingerprint density at radius 1 is 1.21 bits per heavy atom. The summed E-state index contributed by atoms with van der Waals surface area (Å²) in [6.07, 6.45) is 10.2. The van der Waals surface area contributed by atoms with Gasteiger partial charge in [0.05, 0.1) is 0 Å². The number of piperidine rings is 1. The van der Waals surface area contributed by atoms with Crippen LogP contribution in [0.1, 0.15) is 95.9 Å². The summed E-state index contributed by atoms with van der Waals surface area (Å²) < 4.78 is 0. The zero-order valence-electron chi connectivity index (χ0n) is 21.5. The first kappa shape index (κ1) is 25.1. The van der Waals surface area contributed by atoms with E-state index in [9.17, 15) is 4.79 Å². The lowest BCUT2D eigenvalue weighted by atomic mass is 9.87. The summed E-state index contributed by atoms with van der Waals surface area (Å²) in [6, 6.07) is 6.94. The van der Waals surface area contributed by atoms with Gasteiger partial charge in [-0.3, -0.25) is 4.79 Å². The van der Waals surface area contributed by atoms with E-state index in [4.69, 9.17) is 0 Å². The summed E-state index contributed by atoms with van der Waals surface area (Å²) in [6.45, 7) is 19.0. The van der Waals surface area contributed by atoms with E-state index in [-0.39, 0.29) is 5.91 Å². The number of amides is 1. The highest BCUT2D eigenvalue weighted by molar-refractivity contribution is 5.92. The zero-order chi connectivity index (χ0) is 24.1. The van der Waals surface area contributed by atoms with E-state index >= 15 is 0 Å². The molecule has 1 amide bonds. The molecule has 178 valence electrons. The molecule has 1 atom stereocenters. The van der Waals surface area contributed by atoms with E-state index in [0.717, 1.165) is 32.4 Å². The van der Waals surface area contributed by atoms with Crippen LogP contribution in [0.3, 0.4) is 0 Å². The minimum absolute atomic E-state index is 0.281. The molecule has 3 heteroatoms. The Bertz CT molecular complexity index is 1040. The van der Waals surface area contributed by atoms with E-state index in [1.165, 1.54) is 38.9 Å². The van der Waals surface area contributed by atoms with Crippen LogP contribution in [0, 0.1) is 5.92 Å². The van der Waals surface area contributed by atoms with Gasteiger partial charge in [-0.2, -0.15) is 0 Å². The fourth-order valence-corrected chi connectivity index (χ4v) is 5.04. The molecular formula is C30H42N2O. The van der Waals surface area contributed by atoms with Gasteiger partial charge >= 0.3 is 0 Å². The van der Waals surface area contributed by atoms with Crippen molar-refractivity contribution in [1.29, 1.82) is 0 Å². The van der Waals surface area contributed by atoms with Gasteiger partial charge in [0.15, 0.2) is 0 Å². The average molecular weight is 447 g/mol. The van der Waals surface area contributed by atoms with Crippen LogP contribution < -0.4 is 0 Å². The highest BCUT2D eigenvalue weighted by Crippen LogP contribution is 2.37. The summed E-state index contributed by atoms with van der Waals surface area (Å²) in [5.74, 6) is 1.76. The Hall–Kier alpha value is -2.55. The number of hydrogen-bond donors (Lipinski definition) is 1. The fraction of sp³-hybridized carbons (Fsp3) is 0.500. The monoisotopic (exact) mass is 446 g/mol. The Morgan fingerprint density at radius 2 is 1.91 bits per heavy atom. The van der Waals surface area contributed by atoms with E-state index < -0.39 is 0 Å². The number of allylic oxidation sites excluding steroid dienone is 5. The van der Waals surface area contributed by atoms with Crippen molar-refractivity contribution in [3.05, 3.63) is 65.4 Å². The van der Waals surface area contributed by atoms with Gasteiger partial charge in [0.2, 0.25) is 5.91 Å².